The van der Waals surface area contributed by atoms with Gasteiger partial charge in [-0.05, 0) is 30.7 Å². The van der Waals surface area contributed by atoms with E-state index in [-0.39, 0.29) is 34.4 Å². The summed E-state index contributed by atoms with van der Waals surface area (Å²) in [4.78, 5) is 18.1. The van der Waals surface area contributed by atoms with Gasteiger partial charge in [-0.15, -0.1) is 0 Å². The van der Waals surface area contributed by atoms with Crippen LogP contribution in [0.25, 0.3) is 0 Å². The van der Waals surface area contributed by atoms with Crippen LogP contribution in [0.1, 0.15) is 23.6 Å². The summed E-state index contributed by atoms with van der Waals surface area (Å²) in [5.41, 5.74) is 6.69. The van der Waals surface area contributed by atoms with E-state index >= 15 is 0 Å². The summed E-state index contributed by atoms with van der Waals surface area (Å²) >= 11 is 1.08. The molecule has 2 aromatic rings. The van der Waals surface area contributed by atoms with Crippen molar-refractivity contribution < 1.29 is 9.18 Å². The van der Waals surface area contributed by atoms with Gasteiger partial charge in [0.05, 0.1) is 16.9 Å². The van der Waals surface area contributed by atoms with Gasteiger partial charge in [0.25, 0.3) is 0 Å². The maximum absolute atomic E-state index is 13.3. The first-order valence-electron chi connectivity index (χ1n) is 7.74. The van der Waals surface area contributed by atoms with E-state index in [0.717, 1.165) is 11.8 Å². The van der Waals surface area contributed by atoms with Crippen LogP contribution < -0.4 is 5.73 Å². The van der Waals surface area contributed by atoms with Gasteiger partial charge in [0.1, 0.15) is 28.8 Å². The van der Waals surface area contributed by atoms with Gasteiger partial charge >= 0.3 is 0 Å². The third-order valence-electron chi connectivity index (χ3n) is 3.59. The average molecular weight is 369 g/mol. The number of nitrogens with two attached hydrogens (primary N) is 1. The van der Waals surface area contributed by atoms with E-state index in [0.29, 0.717) is 23.7 Å². The summed E-state index contributed by atoms with van der Waals surface area (Å²) in [6.07, 6.45) is 0. The molecule has 1 aromatic heterocycles. The van der Waals surface area contributed by atoms with Gasteiger partial charge in [-0.2, -0.15) is 10.5 Å². The number of aromatic nitrogens is 1. The minimum atomic E-state index is -0.351. The molecule has 8 heteroatoms. The lowest BCUT2D eigenvalue weighted by molar-refractivity contribution is -0.128. The molecule has 0 aliphatic rings. The van der Waals surface area contributed by atoms with Crippen LogP contribution in [-0.4, -0.2) is 28.1 Å². The fourth-order valence-electron chi connectivity index (χ4n) is 2.24. The number of hydrogen-bond donors (Lipinski definition) is 1. The molecule has 0 bridgehead atoms. The molecule has 1 amide bonds. The SMILES string of the molecule is CCN(Cc1cccc(F)c1)C(=O)CSc1nc(N)c(C#N)cc1C#N. The first-order chi connectivity index (χ1) is 12.5. The van der Waals surface area contributed by atoms with Crippen molar-refractivity contribution in [2.45, 2.75) is 18.5 Å². The molecule has 0 radical (unpaired) electrons. The minimum absolute atomic E-state index is 0.0218. The van der Waals surface area contributed by atoms with E-state index in [1.165, 1.54) is 18.2 Å². The Morgan fingerprint density at radius 3 is 2.65 bits per heavy atom. The number of benzene rings is 1. The molecule has 0 spiro atoms. The number of amides is 1. The Bertz CT molecular complexity index is 903. The number of nitriles is 2. The first-order valence-corrected chi connectivity index (χ1v) is 8.72. The Morgan fingerprint density at radius 1 is 1.31 bits per heavy atom. The van der Waals surface area contributed by atoms with Crippen molar-refractivity contribution in [1.82, 2.24) is 9.88 Å². The fraction of sp³-hybridized carbons (Fsp3) is 0.222. The van der Waals surface area contributed by atoms with E-state index in [1.807, 2.05) is 19.1 Å². The Labute approximate surface area is 155 Å². The van der Waals surface area contributed by atoms with E-state index in [4.69, 9.17) is 11.0 Å². The topological polar surface area (TPSA) is 107 Å². The maximum atomic E-state index is 13.3. The molecule has 0 aliphatic heterocycles. The van der Waals surface area contributed by atoms with Gasteiger partial charge in [0.15, 0.2) is 0 Å². The molecule has 1 aromatic carbocycles. The normalized spacial score (nSPS) is 10.0. The number of rotatable bonds is 6. The summed E-state index contributed by atoms with van der Waals surface area (Å²) < 4.78 is 13.3. The second-order valence-electron chi connectivity index (χ2n) is 5.32. The highest BCUT2D eigenvalue weighted by Crippen LogP contribution is 2.24. The van der Waals surface area contributed by atoms with Crippen molar-refractivity contribution in [3.05, 3.63) is 52.8 Å². The molecule has 132 valence electrons. The highest BCUT2D eigenvalue weighted by molar-refractivity contribution is 8.00. The van der Waals surface area contributed by atoms with E-state index in [9.17, 15) is 14.4 Å². The molecule has 6 nitrogen and oxygen atoms in total. The maximum Gasteiger partial charge on any atom is 0.233 e. The van der Waals surface area contributed by atoms with Crippen LogP contribution in [-0.2, 0) is 11.3 Å². The van der Waals surface area contributed by atoms with Crippen LogP contribution in [0, 0.1) is 28.5 Å². The highest BCUT2D eigenvalue weighted by Gasteiger charge is 2.16. The number of anilines is 1. The number of halogens is 1. The molecule has 2 N–H and O–H groups in total. The zero-order valence-electron chi connectivity index (χ0n) is 14.1. The third kappa shape index (κ3) is 4.71. The molecular formula is C18H16FN5OS. The fourth-order valence-corrected chi connectivity index (χ4v) is 3.11. The first kappa shape index (κ1) is 19.2. The van der Waals surface area contributed by atoms with Gasteiger partial charge < -0.3 is 10.6 Å². The molecule has 0 saturated heterocycles. The van der Waals surface area contributed by atoms with E-state index in [2.05, 4.69) is 4.98 Å². The van der Waals surface area contributed by atoms with E-state index < -0.39 is 0 Å². The number of nitrogen functional groups attached to an aromatic ring is 1. The highest BCUT2D eigenvalue weighted by atomic mass is 32.2. The minimum Gasteiger partial charge on any atom is -0.383 e. The van der Waals surface area contributed by atoms with Crippen LogP contribution >= 0.6 is 11.8 Å². The smallest absolute Gasteiger partial charge is 0.233 e. The molecule has 0 aliphatic carbocycles. The Morgan fingerprint density at radius 2 is 2.04 bits per heavy atom. The van der Waals surface area contributed by atoms with Crippen molar-refractivity contribution >= 4 is 23.5 Å². The standard InChI is InChI=1S/C18H16FN5OS/c1-2-24(10-12-4-3-5-15(19)6-12)16(25)11-26-18-14(9-21)7-13(8-20)17(22)23-18/h3-7H,2,10-11H2,1H3,(H2,22,23). The van der Waals surface area contributed by atoms with Crippen molar-refractivity contribution in [1.29, 1.82) is 10.5 Å². The Kier molecular flexibility index (Phi) is 6.54. The average Bonchev–Trinajstić information content (AvgIpc) is 2.64. The van der Waals surface area contributed by atoms with Gasteiger partial charge in [-0.3, -0.25) is 4.79 Å². The van der Waals surface area contributed by atoms with Gasteiger partial charge in [-0.1, -0.05) is 23.9 Å². The number of thioether (sulfide) groups is 1. The molecule has 0 saturated carbocycles. The summed E-state index contributed by atoms with van der Waals surface area (Å²) in [6, 6.07) is 11.3. The number of carbonyl (C=O) groups is 1. The number of carbonyl (C=O) groups excluding carboxylic acids is 1. The number of pyridine rings is 1. The van der Waals surface area contributed by atoms with Crippen LogP contribution in [0.2, 0.25) is 0 Å². The van der Waals surface area contributed by atoms with Crippen molar-refractivity contribution in [3.8, 4) is 12.1 Å². The zero-order chi connectivity index (χ0) is 19.1. The van der Waals surface area contributed by atoms with Crippen molar-refractivity contribution in [2.75, 3.05) is 18.0 Å². The summed E-state index contributed by atoms with van der Waals surface area (Å²) in [6.45, 7) is 2.59. The predicted molar refractivity (Wildman–Crippen MR) is 96.3 cm³/mol. The van der Waals surface area contributed by atoms with Gasteiger partial charge in [-0.25, -0.2) is 9.37 Å². The second kappa shape index (κ2) is 8.84. The summed E-state index contributed by atoms with van der Waals surface area (Å²) in [7, 11) is 0. The molecule has 0 fully saturated rings. The lowest BCUT2D eigenvalue weighted by Gasteiger charge is -2.21. The zero-order valence-corrected chi connectivity index (χ0v) is 14.9. The molecule has 0 atom stereocenters. The van der Waals surface area contributed by atoms with Gasteiger partial charge in [0.2, 0.25) is 5.91 Å². The van der Waals surface area contributed by atoms with E-state index in [1.54, 1.807) is 17.0 Å². The molecular weight excluding hydrogens is 353 g/mol. The molecule has 2 rings (SSSR count). The summed E-state index contributed by atoms with van der Waals surface area (Å²) in [5.74, 6) is -0.448. The van der Waals surface area contributed by atoms with Crippen LogP contribution in [0.4, 0.5) is 10.2 Å². The number of nitrogens with zero attached hydrogens (tertiary/aromatic N) is 4. The lowest BCUT2D eigenvalue weighted by Crippen LogP contribution is -2.31. The van der Waals surface area contributed by atoms with Crippen molar-refractivity contribution in [3.63, 3.8) is 0 Å². The molecule has 1 heterocycles. The second-order valence-corrected chi connectivity index (χ2v) is 6.29. The molecule has 0 unspecified atom stereocenters. The van der Waals surface area contributed by atoms with Crippen LogP contribution in [0.3, 0.4) is 0 Å². The lowest BCUT2D eigenvalue weighted by atomic mass is 10.2. The molecule has 26 heavy (non-hydrogen) atoms. The Hall–Kier alpha value is -3.10. The van der Waals surface area contributed by atoms with Crippen LogP contribution in [0.15, 0.2) is 35.4 Å². The third-order valence-corrected chi connectivity index (χ3v) is 4.56. The van der Waals surface area contributed by atoms with Crippen LogP contribution in [0.5, 0.6) is 0 Å². The van der Waals surface area contributed by atoms with Crippen molar-refractivity contribution in [2.24, 2.45) is 0 Å². The monoisotopic (exact) mass is 369 g/mol. The summed E-state index contributed by atoms with van der Waals surface area (Å²) in [5, 5.41) is 18.4. The number of hydrogen-bond acceptors (Lipinski definition) is 6. The largest absolute Gasteiger partial charge is 0.383 e. The predicted octanol–water partition coefficient (Wildman–Crippen LogP) is 2.69. The Balaban J connectivity index is 2.08. The van der Waals surface area contributed by atoms with Gasteiger partial charge in [0, 0.05) is 13.1 Å². The quantitative estimate of drug-likeness (QED) is 0.785.